The molecule has 1 aromatic heterocycles. The smallest absolute Gasteiger partial charge is 0.409 e. The molecule has 1 N–H and O–H groups in total. The van der Waals surface area contributed by atoms with Crippen molar-refractivity contribution in [1.82, 2.24) is 29.9 Å². The SMILES string of the molecule is CCCCOC(=O)N1CCN(C(=O)CNC(=O)c2cc(OCC(=O)N3CCC(N(C)C)C3)c3ccc(C)cc3n2)CC1. The molecule has 0 aliphatic carbocycles. The predicted molar refractivity (Wildman–Crippen MR) is 157 cm³/mol. The Balaban J connectivity index is 1.34. The minimum Gasteiger partial charge on any atom is -0.483 e. The number of nitrogens with one attached hydrogen (secondary N) is 1. The molecule has 1 unspecified atom stereocenters. The number of unbranched alkanes of at least 4 members (excludes halogenated alkanes) is 1. The Hall–Kier alpha value is -3.93. The summed E-state index contributed by atoms with van der Waals surface area (Å²) in [6.45, 7) is 6.82. The topological polar surface area (TPSA) is 125 Å². The molecule has 0 bridgehead atoms. The number of fused-ring (bicyclic) bond motifs is 1. The van der Waals surface area contributed by atoms with E-state index in [-0.39, 0.29) is 36.8 Å². The van der Waals surface area contributed by atoms with Gasteiger partial charge in [-0.3, -0.25) is 14.4 Å². The Morgan fingerprint density at radius 2 is 1.74 bits per heavy atom. The fraction of sp³-hybridized carbons (Fsp3) is 0.567. The van der Waals surface area contributed by atoms with E-state index in [9.17, 15) is 19.2 Å². The molecular weight excluding hydrogens is 540 g/mol. The number of hydrogen-bond donors (Lipinski definition) is 1. The second-order valence-corrected chi connectivity index (χ2v) is 11.1. The summed E-state index contributed by atoms with van der Waals surface area (Å²) in [4.78, 5) is 62.5. The molecule has 0 saturated carbocycles. The summed E-state index contributed by atoms with van der Waals surface area (Å²) in [7, 11) is 4.02. The van der Waals surface area contributed by atoms with E-state index in [4.69, 9.17) is 9.47 Å². The van der Waals surface area contributed by atoms with Crippen LogP contribution in [0.2, 0.25) is 0 Å². The Kier molecular flexibility index (Phi) is 10.6. The molecule has 2 fully saturated rings. The molecule has 2 aliphatic heterocycles. The molecule has 42 heavy (non-hydrogen) atoms. The third kappa shape index (κ3) is 7.87. The lowest BCUT2D eigenvalue weighted by atomic mass is 10.1. The third-order valence-corrected chi connectivity index (χ3v) is 7.77. The van der Waals surface area contributed by atoms with Crippen LogP contribution in [0, 0.1) is 6.92 Å². The molecule has 2 aromatic rings. The summed E-state index contributed by atoms with van der Waals surface area (Å²) in [6.07, 6.45) is 2.32. The van der Waals surface area contributed by atoms with Crippen molar-refractivity contribution in [3.63, 3.8) is 0 Å². The molecule has 4 rings (SSSR count). The number of likely N-dealkylation sites (tertiary alicyclic amines) is 1. The van der Waals surface area contributed by atoms with Crippen LogP contribution >= 0.6 is 0 Å². The van der Waals surface area contributed by atoms with E-state index in [0.29, 0.717) is 68.6 Å². The highest BCUT2D eigenvalue weighted by Crippen LogP contribution is 2.27. The van der Waals surface area contributed by atoms with Crippen LogP contribution in [0.15, 0.2) is 24.3 Å². The number of aromatic nitrogens is 1. The highest BCUT2D eigenvalue weighted by molar-refractivity contribution is 5.98. The number of likely N-dealkylation sites (N-methyl/N-ethyl adjacent to an activating group) is 1. The van der Waals surface area contributed by atoms with Gasteiger partial charge in [-0.05, 0) is 51.6 Å². The highest BCUT2D eigenvalue weighted by Gasteiger charge is 2.28. The monoisotopic (exact) mass is 582 g/mol. The zero-order valence-corrected chi connectivity index (χ0v) is 25.1. The molecule has 0 spiro atoms. The maximum absolute atomic E-state index is 13.1. The first-order valence-corrected chi connectivity index (χ1v) is 14.6. The summed E-state index contributed by atoms with van der Waals surface area (Å²) >= 11 is 0. The van der Waals surface area contributed by atoms with Crippen molar-refractivity contribution >= 4 is 34.7 Å². The molecule has 4 amide bonds. The van der Waals surface area contributed by atoms with Gasteiger partial charge in [0, 0.05) is 56.8 Å². The van der Waals surface area contributed by atoms with Gasteiger partial charge in [-0.25, -0.2) is 9.78 Å². The number of carbonyl (C=O) groups is 4. The van der Waals surface area contributed by atoms with Crippen LogP contribution in [0.5, 0.6) is 5.75 Å². The lowest BCUT2D eigenvalue weighted by molar-refractivity contribution is -0.132. The zero-order valence-electron chi connectivity index (χ0n) is 25.1. The molecule has 12 nitrogen and oxygen atoms in total. The van der Waals surface area contributed by atoms with Gasteiger partial charge in [0.2, 0.25) is 5.91 Å². The number of ether oxygens (including phenoxy) is 2. The number of benzene rings is 1. The van der Waals surface area contributed by atoms with Crippen LogP contribution in [0.3, 0.4) is 0 Å². The maximum Gasteiger partial charge on any atom is 0.409 e. The number of carbonyl (C=O) groups excluding carboxylic acids is 4. The minimum atomic E-state index is -0.519. The van der Waals surface area contributed by atoms with Gasteiger partial charge in [-0.1, -0.05) is 19.4 Å². The Morgan fingerprint density at radius 3 is 2.43 bits per heavy atom. The van der Waals surface area contributed by atoms with Crippen molar-refractivity contribution in [2.24, 2.45) is 0 Å². The van der Waals surface area contributed by atoms with Gasteiger partial charge < -0.3 is 34.4 Å². The first-order chi connectivity index (χ1) is 20.2. The van der Waals surface area contributed by atoms with Gasteiger partial charge in [0.05, 0.1) is 18.7 Å². The van der Waals surface area contributed by atoms with E-state index < -0.39 is 5.91 Å². The number of aryl methyl sites for hydroxylation is 1. The van der Waals surface area contributed by atoms with Gasteiger partial charge in [0.1, 0.15) is 11.4 Å². The summed E-state index contributed by atoms with van der Waals surface area (Å²) < 4.78 is 11.2. The summed E-state index contributed by atoms with van der Waals surface area (Å²) in [5, 5.41) is 3.36. The number of nitrogens with zero attached hydrogens (tertiary/aromatic N) is 5. The van der Waals surface area contributed by atoms with E-state index in [0.717, 1.165) is 24.8 Å². The van der Waals surface area contributed by atoms with Crippen molar-refractivity contribution in [2.75, 3.05) is 73.1 Å². The minimum absolute atomic E-state index is 0.0943. The van der Waals surface area contributed by atoms with Crippen LogP contribution in [-0.2, 0) is 14.3 Å². The molecule has 228 valence electrons. The fourth-order valence-corrected chi connectivity index (χ4v) is 5.05. The normalized spacial score (nSPS) is 17.1. The van der Waals surface area contributed by atoms with Crippen molar-refractivity contribution < 1.29 is 28.7 Å². The van der Waals surface area contributed by atoms with Crippen LogP contribution < -0.4 is 10.1 Å². The van der Waals surface area contributed by atoms with E-state index >= 15 is 0 Å². The number of hydrogen-bond acceptors (Lipinski definition) is 8. The molecule has 0 radical (unpaired) electrons. The van der Waals surface area contributed by atoms with Gasteiger partial charge >= 0.3 is 6.09 Å². The first kappa shape index (κ1) is 31.0. The largest absolute Gasteiger partial charge is 0.483 e. The van der Waals surface area contributed by atoms with Crippen LogP contribution in [0.1, 0.15) is 42.2 Å². The molecule has 3 heterocycles. The summed E-state index contributed by atoms with van der Waals surface area (Å²) in [6, 6.07) is 7.47. The number of amides is 4. The first-order valence-electron chi connectivity index (χ1n) is 14.6. The molecular formula is C30H42N6O6. The van der Waals surface area contributed by atoms with Crippen molar-refractivity contribution in [3.05, 3.63) is 35.5 Å². The molecule has 12 heteroatoms. The summed E-state index contributed by atoms with van der Waals surface area (Å²) in [5.74, 6) is -0.491. The Bertz CT molecular complexity index is 1290. The lowest BCUT2D eigenvalue weighted by Gasteiger charge is -2.34. The second-order valence-electron chi connectivity index (χ2n) is 11.1. The number of rotatable bonds is 10. The molecule has 2 aliphatic rings. The van der Waals surface area contributed by atoms with Gasteiger partial charge in [0.15, 0.2) is 6.61 Å². The predicted octanol–water partition coefficient (Wildman–Crippen LogP) is 1.90. The quantitative estimate of drug-likeness (QED) is 0.422. The van der Waals surface area contributed by atoms with E-state index in [1.54, 1.807) is 14.7 Å². The average Bonchev–Trinajstić information content (AvgIpc) is 3.49. The van der Waals surface area contributed by atoms with Crippen molar-refractivity contribution in [2.45, 2.75) is 39.2 Å². The third-order valence-electron chi connectivity index (χ3n) is 7.77. The molecule has 1 aromatic carbocycles. The van der Waals surface area contributed by atoms with Crippen LogP contribution in [0.4, 0.5) is 4.79 Å². The Morgan fingerprint density at radius 1 is 1.00 bits per heavy atom. The number of pyridine rings is 1. The fourth-order valence-electron chi connectivity index (χ4n) is 5.05. The van der Waals surface area contributed by atoms with Crippen molar-refractivity contribution in [3.8, 4) is 5.75 Å². The van der Waals surface area contributed by atoms with Gasteiger partial charge in [-0.15, -0.1) is 0 Å². The summed E-state index contributed by atoms with van der Waals surface area (Å²) in [5.41, 5.74) is 1.62. The average molecular weight is 583 g/mol. The highest BCUT2D eigenvalue weighted by atomic mass is 16.6. The number of piperazine rings is 1. The van der Waals surface area contributed by atoms with Crippen molar-refractivity contribution in [1.29, 1.82) is 0 Å². The lowest BCUT2D eigenvalue weighted by Crippen LogP contribution is -2.52. The second kappa shape index (κ2) is 14.3. The zero-order chi connectivity index (χ0) is 30.2. The standard InChI is InChI=1S/C30H42N6O6/c1-5-6-15-41-30(40)35-13-11-34(12-14-35)27(37)18-31-29(39)25-17-26(23-8-7-21(2)16-24(23)32-25)42-20-28(38)36-10-9-22(19-36)33(3)4/h7-8,16-17,22H,5-6,9-15,18-20H2,1-4H3,(H,31,39). The van der Waals surface area contributed by atoms with E-state index in [1.165, 1.54) is 6.07 Å². The Labute approximate surface area is 246 Å². The van der Waals surface area contributed by atoms with Crippen LogP contribution in [-0.4, -0.2) is 128 Å². The van der Waals surface area contributed by atoms with Gasteiger partial charge in [0.25, 0.3) is 11.8 Å². The maximum atomic E-state index is 13.1. The van der Waals surface area contributed by atoms with Gasteiger partial charge in [-0.2, -0.15) is 0 Å². The van der Waals surface area contributed by atoms with E-state index in [1.807, 2.05) is 46.1 Å². The molecule has 2 saturated heterocycles. The van der Waals surface area contributed by atoms with E-state index in [2.05, 4.69) is 15.2 Å². The van der Waals surface area contributed by atoms with Crippen LogP contribution in [0.25, 0.3) is 10.9 Å². The molecule has 1 atom stereocenters.